The van der Waals surface area contributed by atoms with Gasteiger partial charge in [0.1, 0.15) is 0 Å². The predicted octanol–water partition coefficient (Wildman–Crippen LogP) is 1.48. The Labute approximate surface area is 42.1 Å². The Morgan fingerprint density at radius 3 is 2.67 bits per heavy atom. The topological polar surface area (TPSA) is 17.1 Å². The number of hydrogen-bond acceptors (Lipinski definition) is 2. The molecule has 0 spiro atoms. The van der Waals surface area contributed by atoms with E-state index in [0.29, 0.717) is 0 Å². The summed E-state index contributed by atoms with van der Waals surface area (Å²) < 4.78 is 0. The van der Waals surface area contributed by atoms with Crippen LogP contribution in [-0.4, -0.2) is 5.62 Å². The number of rotatable bonds is 3. The standard InChI is InChI=1S/C4H7OS/c1-2-3-6-4-5/h3-4H,2H2,1H3. The maximum Gasteiger partial charge on any atom is 0.176 e. The Bertz CT molecular complexity index is 36.5. The van der Waals surface area contributed by atoms with Crippen molar-refractivity contribution >= 4 is 17.4 Å². The normalized spacial score (nSPS) is 8.17. The van der Waals surface area contributed by atoms with E-state index in [-0.39, 0.29) is 0 Å². The van der Waals surface area contributed by atoms with Crippen molar-refractivity contribution < 1.29 is 4.79 Å². The van der Waals surface area contributed by atoms with E-state index in [1.165, 1.54) is 11.8 Å². The first-order chi connectivity index (χ1) is 2.91. The Hall–Kier alpha value is 0.0200. The number of carbonyl (C=O) groups is 1. The van der Waals surface area contributed by atoms with Gasteiger partial charge in [0, 0.05) is 5.75 Å². The van der Waals surface area contributed by atoms with Crippen LogP contribution in [-0.2, 0) is 4.79 Å². The molecule has 1 nitrogen and oxygen atoms in total. The molecule has 0 N–H and O–H groups in total. The molecule has 0 aliphatic heterocycles. The van der Waals surface area contributed by atoms with Crippen LogP contribution in [0.5, 0.6) is 0 Å². The highest BCUT2D eigenvalue weighted by atomic mass is 32.2. The third kappa shape index (κ3) is 4.02. The third-order valence-corrected chi connectivity index (χ3v) is 0.955. The van der Waals surface area contributed by atoms with E-state index < -0.39 is 0 Å². The summed E-state index contributed by atoms with van der Waals surface area (Å²) in [5.41, 5.74) is 0.823. The molecule has 35 valence electrons. The fourth-order valence-corrected chi connectivity index (χ4v) is 0.407. The van der Waals surface area contributed by atoms with Crippen molar-refractivity contribution in [2.75, 3.05) is 0 Å². The Balaban J connectivity index is 2.49. The lowest BCUT2D eigenvalue weighted by Gasteiger charge is -1.78. The molecular weight excluding hydrogens is 96.1 g/mol. The molecule has 1 radical (unpaired) electrons. The highest BCUT2D eigenvalue weighted by Crippen LogP contribution is 2.00. The van der Waals surface area contributed by atoms with Crippen LogP contribution in [0.1, 0.15) is 13.3 Å². The summed E-state index contributed by atoms with van der Waals surface area (Å²) in [7, 11) is 0. The molecule has 0 rings (SSSR count). The molecule has 0 aliphatic carbocycles. The van der Waals surface area contributed by atoms with Crippen molar-refractivity contribution in [3.05, 3.63) is 5.75 Å². The van der Waals surface area contributed by atoms with Crippen LogP contribution < -0.4 is 0 Å². The summed E-state index contributed by atoms with van der Waals surface area (Å²) in [6.07, 6.45) is 0.962. The van der Waals surface area contributed by atoms with Crippen molar-refractivity contribution in [3.63, 3.8) is 0 Å². The molecule has 0 amide bonds. The second kappa shape index (κ2) is 5.02. The van der Waals surface area contributed by atoms with Gasteiger partial charge >= 0.3 is 0 Å². The molecule has 0 saturated heterocycles. The predicted molar refractivity (Wildman–Crippen MR) is 28.9 cm³/mol. The lowest BCUT2D eigenvalue weighted by molar-refractivity contribution is 0.570. The van der Waals surface area contributed by atoms with Gasteiger partial charge in [0.15, 0.2) is 5.62 Å². The summed E-state index contributed by atoms with van der Waals surface area (Å²) in [6, 6.07) is 0. The van der Waals surface area contributed by atoms with Crippen molar-refractivity contribution in [1.82, 2.24) is 0 Å². The number of thioether (sulfide) groups is 1. The van der Waals surface area contributed by atoms with E-state index in [1.807, 2.05) is 12.7 Å². The van der Waals surface area contributed by atoms with E-state index in [9.17, 15) is 4.79 Å². The van der Waals surface area contributed by atoms with Crippen LogP contribution in [0.25, 0.3) is 0 Å². The molecule has 6 heavy (non-hydrogen) atoms. The van der Waals surface area contributed by atoms with Gasteiger partial charge in [0.2, 0.25) is 0 Å². The number of carbonyl (C=O) groups excluding carboxylic acids is 1. The lowest BCUT2D eigenvalue weighted by atomic mass is 10.6. The van der Waals surface area contributed by atoms with Gasteiger partial charge in [0.25, 0.3) is 0 Å². The molecule has 0 bridgehead atoms. The van der Waals surface area contributed by atoms with Gasteiger partial charge in [-0.05, 0) is 6.42 Å². The zero-order chi connectivity index (χ0) is 4.83. The van der Waals surface area contributed by atoms with Gasteiger partial charge in [-0.15, -0.1) is 0 Å². The second-order valence-electron chi connectivity index (χ2n) is 0.807. The maximum absolute atomic E-state index is 9.50. The van der Waals surface area contributed by atoms with Gasteiger partial charge in [-0.25, -0.2) is 0 Å². The van der Waals surface area contributed by atoms with E-state index in [2.05, 4.69) is 0 Å². The molecule has 2 heteroatoms. The zero-order valence-electron chi connectivity index (χ0n) is 3.68. The first-order valence-corrected chi connectivity index (χ1v) is 2.77. The van der Waals surface area contributed by atoms with Crippen LogP contribution in [0, 0.1) is 5.75 Å². The monoisotopic (exact) mass is 103 g/mol. The van der Waals surface area contributed by atoms with E-state index in [4.69, 9.17) is 0 Å². The first-order valence-electron chi connectivity index (χ1n) is 1.82. The molecule has 0 aromatic rings. The average Bonchev–Trinajstić information content (AvgIpc) is 1.61. The third-order valence-electron chi connectivity index (χ3n) is 0.318. The molecule has 0 saturated carbocycles. The van der Waals surface area contributed by atoms with Crippen LogP contribution in [0.3, 0.4) is 0 Å². The maximum atomic E-state index is 9.50. The summed E-state index contributed by atoms with van der Waals surface area (Å²) in [5, 5.41) is 0. The smallest absolute Gasteiger partial charge is 0.176 e. The van der Waals surface area contributed by atoms with Gasteiger partial charge < -0.3 is 0 Å². The summed E-state index contributed by atoms with van der Waals surface area (Å²) in [5.74, 6) is 1.85. The SMILES string of the molecule is CC[CH]SC=O. The molecule has 0 aromatic carbocycles. The minimum atomic E-state index is 0.823. The fourth-order valence-electron chi connectivity index (χ4n) is 0.136. The molecule has 0 fully saturated rings. The van der Waals surface area contributed by atoms with Gasteiger partial charge in [-0.1, -0.05) is 18.7 Å². The molecule has 0 atom stereocenters. The summed E-state index contributed by atoms with van der Waals surface area (Å²) >= 11 is 1.20. The first kappa shape index (κ1) is 6.02. The van der Waals surface area contributed by atoms with Gasteiger partial charge in [0.05, 0.1) is 0 Å². The molecule has 0 aliphatic rings. The lowest BCUT2D eigenvalue weighted by Crippen LogP contribution is -1.59. The van der Waals surface area contributed by atoms with Crippen molar-refractivity contribution in [3.8, 4) is 0 Å². The minimum Gasteiger partial charge on any atom is -0.291 e. The zero-order valence-corrected chi connectivity index (χ0v) is 4.49. The Kier molecular flexibility index (Phi) is 5.04. The summed E-state index contributed by atoms with van der Waals surface area (Å²) in [4.78, 5) is 9.50. The quantitative estimate of drug-likeness (QED) is 0.397. The van der Waals surface area contributed by atoms with E-state index in [0.717, 1.165) is 12.0 Å². The Morgan fingerprint density at radius 2 is 2.50 bits per heavy atom. The highest BCUT2D eigenvalue weighted by Gasteiger charge is 1.75. The van der Waals surface area contributed by atoms with Gasteiger partial charge in [-0.2, -0.15) is 0 Å². The largest absolute Gasteiger partial charge is 0.291 e. The molecule has 0 unspecified atom stereocenters. The molecule has 0 aromatic heterocycles. The fraction of sp³-hybridized carbons (Fsp3) is 0.500. The van der Waals surface area contributed by atoms with Crippen LogP contribution >= 0.6 is 11.8 Å². The second-order valence-corrected chi connectivity index (χ2v) is 1.61. The average molecular weight is 103 g/mol. The van der Waals surface area contributed by atoms with Crippen molar-refractivity contribution in [1.29, 1.82) is 0 Å². The Morgan fingerprint density at radius 1 is 1.83 bits per heavy atom. The molecular formula is C4H7OS. The van der Waals surface area contributed by atoms with Gasteiger partial charge in [-0.3, -0.25) is 4.79 Å². The van der Waals surface area contributed by atoms with Crippen molar-refractivity contribution in [2.45, 2.75) is 13.3 Å². The van der Waals surface area contributed by atoms with Crippen molar-refractivity contribution in [2.24, 2.45) is 0 Å². The van der Waals surface area contributed by atoms with Crippen LogP contribution in [0.15, 0.2) is 0 Å². The van der Waals surface area contributed by atoms with E-state index in [1.54, 1.807) is 0 Å². The minimum absolute atomic E-state index is 0.823. The number of hydrogen-bond donors (Lipinski definition) is 0. The van der Waals surface area contributed by atoms with Crippen LogP contribution in [0.4, 0.5) is 0 Å². The van der Waals surface area contributed by atoms with E-state index >= 15 is 0 Å². The van der Waals surface area contributed by atoms with Crippen LogP contribution in [0.2, 0.25) is 0 Å². The summed E-state index contributed by atoms with van der Waals surface area (Å²) in [6.45, 7) is 2.00. The highest BCUT2D eigenvalue weighted by molar-refractivity contribution is 8.13. The molecule has 0 heterocycles.